The Morgan fingerprint density at radius 3 is 2.55 bits per heavy atom. The van der Waals surface area contributed by atoms with Crippen molar-refractivity contribution in [2.24, 2.45) is 0 Å². The van der Waals surface area contributed by atoms with Crippen LogP contribution in [0.15, 0.2) is 30.3 Å². The lowest BCUT2D eigenvalue weighted by molar-refractivity contribution is 0.295. The summed E-state index contributed by atoms with van der Waals surface area (Å²) in [6.07, 6.45) is 0. The Kier molecular flexibility index (Phi) is 3.93. The molecule has 2 rings (SSSR count). The van der Waals surface area contributed by atoms with Gasteiger partial charge in [0.05, 0.1) is 0 Å². The Labute approximate surface area is 120 Å². The van der Waals surface area contributed by atoms with Crippen molar-refractivity contribution in [3.63, 3.8) is 0 Å². The zero-order chi connectivity index (χ0) is 14.8. The molecule has 0 aliphatic rings. The molecule has 0 unspecified atom stereocenters. The zero-order valence-corrected chi connectivity index (χ0v) is 12.5. The van der Waals surface area contributed by atoms with E-state index in [2.05, 4.69) is 42.9 Å². The maximum atomic E-state index is 5.76. The second-order valence-corrected chi connectivity index (χ2v) is 5.92. The van der Waals surface area contributed by atoms with Gasteiger partial charge in [0.1, 0.15) is 18.2 Å². The van der Waals surface area contributed by atoms with Crippen LogP contribution in [0, 0.1) is 6.92 Å². The van der Waals surface area contributed by atoms with Crippen LogP contribution in [-0.4, -0.2) is 9.97 Å². The summed E-state index contributed by atoms with van der Waals surface area (Å²) < 4.78 is 5.76. The van der Waals surface area contributed by atoms with E-state index in [-0.39, 0.29) is 5.41 Å². The summed E-state index contributed by atoms with van der Waals surface area (Å²) in [7, 11) is 0. The normalized spacial score (nSPS) is 11.4. The van der Waals surface area contributed by atoms with E-state index in [9.17, 15) is 0 Å². The molecule has 106 valence electrons. The SMILES string of the molecule is Cc1cc(N)nc(COc2cccc(C(C)(C)C)c2)n1. The molecule has 0 atom stereocenters. The van der Waals surface area contributed by atoms with E-state index in [4.69, 9.17) is 10.5 Å². The monoisotopic (exact) mass is 271 g/mol. The van der Waals surface area contributed by atoms with Crippen molar-refractivity contribution in [1.82, 2.24) is 9.97 Å². The maximum Gasteiger partial charge on any atom is 0.168 e. The molecule has 0 spiro atoms. The van der Waals surface area contributed by atoms with Crippen molar-refractivity contribution in [1.29, 1.82) is 0 Å². The number of benzene rings is 1. The van der Waals surface area contributed by atoms with Crippen LogP contribution in [0.2, 0.25) is 0 Å². The number of ether oxygens (including phenoxy) is 1. The lowest BCUT2D eigenvalue weighted by atomic mass is 9.87. The van der Waals surface area contributed by atoms with Gasteiger partial charge in [-0.3, -0.25) is 0 Å². The molecule has 20 heavy (non-hydrogen) atoms. The van der Waals surface area contributed by atoms with Crippen LogP contribution in [0.3, 0.4) is 0 Å². The van der Waals surface area contributed by atoms with Gasteiger partial charge in [0, 0.05) is 11.8 Å². The van der Waals surface area contributed by atoms with E-state index in [0.29, 0.717) is 18.2 Å². The highest BCUT2D eigenvalue weighted by molar-refractivity contribution is 5.33. The molecular formula is C16H21N3O. The van der Waals surface area contributed by atoms with Crippen molar-refractivity contribution in [3.8, 4) is 5.75 Å². The quantitative estimate of drug-likeness (QED) is 0.931. The minimum atomic E-state index is 0.101. The first-order chi connectivity index (χ1) is 9.34. The maximum absolute atomic E-state index is 5.76. The first-order valence-corrected chi connectivity index (χ1v) is 6.68. The third kappa shape index (κ3) is 3.70. The van der Waals surface area contributed by atoms with Crippen molar-refractivity contribution in [3.05, 3.63) is 47.4 Å². The van der Waals surface area contributed by atoms with E-state index in [1.54, 1.807) is 6.07 Å². The number of aryl methyl sites for hydroxylation is 1. The molecule has 0 amide bonds. The Hall–Kier alpha value is -2.10. The van der Waals surface area contributed by atoms with Crippen LogP contribution in [0.5, 0.6) is 5.75 Å². The van der Waals surface area contributed by atoms with E-state index < -0.39 is 0 Å². The molecular weight excluding hydrogens is 250 g/mol. The molecule has 4 heteroatoms. The molecule has 2 aromatic rings. The van der Waals surface area contributed by atoms with Crippen molar-refractivity contribution >= 4 is 5.82 Å². The van der Waals surface area contributed by atoms with Gasteiger partial charge >= 0.3 is 0 Å². The second kappa shape index (κ2) is 5.49. The minimum absolute atomic E-state index is 0.101. The molecule has 0 radical (unpaired) electrons. The molecule has 1 aromatic carbocycles. The first-order valence-electron chi connectivity index (χ1n) is 6.68. The first kappa shape index (κ1) is 14.3. The number of rotatable bonds is 3. The number of aromatic nitrogens is 2. The standard InChI is InChI=1S/C16H21N3O/c1-11-8-14(17)19-15(18-11)10-20-13-7-5-6-12(9-13)16(2,3)4/h5-9H,10H2,1-4H3,(H2,17,18,19). The number of hydrogen-bond acceptors (Lipinski definition) is 4. The van der Waals surface area contributed by atoms with Gasteiger partial charge in [0.15, 0.2) is 5.82 Å². The fraction of sp³-hybridized carbons (Fsp3) is 0.375. The molecule has 0 saturated heterocycles. The van der Waals surface area contributed by atoms with Crippen LogP contribution < -0.4 is 10.5 Å². The van der Waals surface area contributed by atoms with E-state index in [1.165, 1.54) is 5.56 Å². The molecule has 0 saturated carbocycles. The molecule has 0 fully saturated rings. The Morgan fingerprint density at radius 1 is 1.15 bits per heavy atom. The number of anilines is 1. The summed E-state index contributed by atoms with van der Waals surface area (Å²) in [6, 6.07) is 9.84. The van der Waals surface area contributed by atoms with Gasteiger partial charge < -0.3 is 10.5 Å². The molecule has 4 nitrogen and oxygen atoms in total. The summed E-state index contributed by atoms with van der Waals surface area (Å²) in [5.74, 6) is 1.89. The van der Waals surface area contributed by atoms with Crippen LogP contribution in [0.1, 0.15) is 37.9 Å². The average Bonchev–Trinajstić information content (AvgIpc) is 2.35. The topological polar surface area (TPSA) is 61.0 Å². The molecule has 1 heterocycles. The largest absolute Gasteiger partial charge is 0.486 e. The number of nitrogens with zero attached hydrogens (tertiary/aromatic N) is 2. The fourth-order valence-corrected chi connectivity index (χ4v) is 1.92. The van der Waals surface area contributed by atoms with E-state index in [0.717, 1.165) is 11.4 Å². The van der Waals surface area contributed by atoms with E-state index >= 15 is 0 Å². The summed E-state index contributed by atoms with van der Waals surface area (Å²) >= 11 is 0. The molecule has 2 N–H and O–H groups in total. The lowest BCUT2D eigenvalue weighted by Crippen LogP contribution is -2.11. The summed E-state index contributed by atoms with van der Waals surface area (Å²) in [5.41, 5.74) is 7.89. The van der Waals surface area contributed by atoms with E-state index in [1.807, 2.05) is 19.1 Å². The Balaban J connectivity index is 2.11. The molecule has 0 aliphatic carbocycles. The van der Waals surface area contributed by atoms with Gasteiger partial charge in [-0.25, -0.2) is 9.97 Å². The van der Waals surface area contributed by atoms with Crippen LogP contribution in [0.4, 0.5) is 5.82 Å². The summed E-state index contributed by atoms with van der Waals surface area (Å²) in [6.45, 7) is 8.74. The lowest BCUT2D eigenvalue weighted by Gasteiger charge is -2.19. The molecule has 0 bridgehead atoms. The third-order valence-corrected chi connectivity index (χ3v) is 2.99. The Morgan fingerprint density at radius 2 is 1.90 bits per heavy atom. The van der Waals surface area contributed by atoms with Gasteiger partial charge in [-0.05, 0) is 30.0 Å². The highest BCUT2D eigenvalue weighted by Gasteiger charge is 2.14. The third-order valence-electron chi connectivity index (χ3n) is 2.99. The second-order valence-electron chi connectivity index (χ2n) is 5.92. The predicted octanol–water partition coefficient (Wildman–Crippen LogP) is 3.24. The summed E-state index contributed by atoms with van der Waals surface area (Å²) in [5, 5.41) is 0. The van der Waals surface area contributed by atoms with Gasteiger partial charge in [0.25, 0.3) is 0 Å². The van der Waals surface area contributed by atoms with Gasteiger partial charge in [-0.1, -0.05) is 32.9 Å². The van der Waals surface area contributed by atoms with Crippen molar-refractivity contribution < 1.29 is 4.74 Å². The number of nitrogen functional groups attached to an aromatic ring is 1. The molecule has 0 aliphatic heterocycles. The van der Waals surface area contributed by atoms with Crippen LogP contribution in [-0.2, 0) is 12.0 Å². The number of nitrogens with two attached hydrogens (primary N) is 1. The van der Waals surface area contributed by atoms with Crippen LogP contribution >= 0.6 is 0 Å². The minimum Gasteiger partial charge on any atom is -0.486 e. The smallest absolute Gasteiger partial charge is 0.168 e. The predicted molar refractivity (Wildman–Crippen MR) is 80.7 cm³/mol. The fourth-order valence-electron chi connectivity index (χ4n) is 1.92. The summed E-state index contributed by atoms with van der Waals surface area (Å²) in [4.78, 5) is 8.47. The van der Waals surface area contributed by atoms with Crippen molar-refractivity contribution in [2.45, 2.75) is 39.7 Å². The number of hydrogen-bond donors (Lipinski definition) is 1. The van der Waals surface area contributed by atoms with Gasteiger partial charge in [-0.2, -0.15) is 0 Å². The van der Waals surface area contributed by atoms with Crippen molar-refractivity contribution in [2.75, 3.05) is 5.73 Å². The van der Waals surface area contributed by atoms with Gasteiger partial charge in [-0.15, -0.1) is 0 Å². The van der Waals surface area contributed by atoms with Crippen LogP contribution in [0.25, 0.3) is 0 Å². The Bertz CT molecular complexity index is 583. The van der Waals surface area contributed by atoms with Gasteiger partial charge in [0.2, 0.25) is 0 Å². The molecule has 1 aromatic heterocycles. The highest BCUT2D eigenvalue weighted by Crippen LogP contribution is 2.25. The average molecular weight is 271 g/mol. The zero-order valence-electron chi connectivity index (χ0n) is 12.5. The highest BCUT2D eigenvalue weighted by atomic mass is 16.5.